The van der Waals surface area contributed by atoms with Crippen molar-refractivity contribution in [2.75, 3.05) is 14.2 Å². The molecule has 5 rings (SSSR count). The average molecular weight is 521 g/mol. The molecule has 0 unspecified atom stereocenters. The SMILES string of the molecule is COc1ccc(/C=C2\CCC[C@H]3C2=NN(C(=O)c2ccc(Cl)cc2Cl)[C@@H]3c2ccc(OC)cc2)cc1. The number of hydrogen-bond donors (Lipinski definition) is 0. The Kier molecular flexibility index (Phi) is 7.04. The Morgan fingerprint density at radius 1 is 0.972 bits per heavy atom. The normalized spacial score (nSPS) is 20.2. The zero-order chi connectivity index (χ0) is 25.2. The minimum absolute atomic E-state index is 0.0756. The van der Waals surface area contributed by atoms with Crippen molar-refractivity contribution in [3.05, 3.63) is 99.0 Å². The Hall–Kier alpha value is -3.28. The van der Waals surface area contributed by atoms with Crippen LogP contribution in [0.4, 0.5) is 0 Å². The molecule has 1 saturated carbocycles. The van der Waals surface area contributed by atoms with E-state index in [1.165, 1.54) is 0 Å². The number of allylic oxidation sites excluding steroid dienone is 1. The first-order valence-electron chi connectivity index (χ1n) is 11.8. The van der Waals surface area contributed by atoms with Crippen LogP contribution in [-0.4, -0.2) is 30.8 Å². The molecule has 3 aromatic carbocycles. The summed E-state index contributed by atoms with van der Waals surface area (Å²) in [6.45, 7) is 0. The Bertz CT molecular complexity index is 1330. The summed E-state index contributed by atoms with van der Waals surface area (Å²) >= 11 is 12.5. The summed E-state index contributed by atoms with van der Waals surface area (Å²) in [5.41, 5.74) is 4.55. The number of amides is 1. The number of ether oxygens (including phenoxy) is 2. The third kappa shape index (κ3) is 4.73. The van der Waals surface area contributed by atoms with Gasteiger partial charge in [0.05, 0.1) is 36.6 Å². The van der Waals surface area contributed by atoms with Gasteiger partial charge in [0.15, 0.2) is 0 Å². The van der Waals surface area contributed by atoms with Crippen molar-refractivity contribution in [1.82, 2.24) is 5.01 Å². The fraction of sp³-hybridized carbons (Fsp3) is 0.241. The molecule has 5 nitrogen and oxygen atoms in total. The second-order valence-corrected chi connectivity index (χ2v) is 9.76. The van der Waals surface area contributed by atoms with Crippen LogP contribution in [0.5, 0.6) is 11.5 Å². The van der Waals surface area contributed by atoms with Gasteiger partial charge < -0.3 is 9.47 Å². The number of benzene rings is 3. The minimum atomic E-state index is -0.247. The smallest absolute Gasteiger partial charge is 0.276 e. The van der Waals surface area contributed by atoms with Gasteiger partial charge >= 0.3 is 0 Å². The predicted molar refractivity (Wildman–Crippen MR) is 144 cm³/mol. The largest absolute Gasteiger partial charge is 0.497 e. The standard InChI is InChI=1S/C29H26Cl2N2O3/c1-35-22-11-6-18(7-12-22)16-20-4-3-5-25-27(20)32-33(28(25)19-8-13-23(36-2)14-9-19)29(34)24-15-10-21(30)17-26(24)31/h6-17,25,28H,3-5H2,1-2H3/b20-16+/t25-,28+/m0/s1. The van der Waals surface area contributed by atoms with E-state index < -0.39 is 0 Å². The van der Waals surface area contributed by atoms with Crippen molar-refractivity contribution in [3.8, 4) is 11.5 Å². The fourth-order valence-electron chi connectivity index (χ4n) is 4.99. The van der Waals surface area contributed by atoms with Crippen LogP contribution in [-0.2, 0) is 0 Å². The molecular weight excluding hydrogens is 495 g/mol. The van der Waals surface area contributed by atoms with Crippen LogP contribution in [0.1, 0.15) is 46.8 Å². The quantitative estimate of drug-likeness (QED) is 0.351. The molecule has 1 fully saturated rings. The molecule has 36 heavy (non-hydrogen) atoms. The van der Waals surface area contributed by atoms with Crippen molar-refractivity contribution < 1.29 is 14.3 Å². The molecule has 7 heteroatoms. The lowest BCUT2D eigenvalue weighted by molar-refractivity contribution is 0.0681. The van der Waals surface area contributed by atoms with Gasteiger partial charge in [-0.3, -0.25) is 4.79 Å². The van der Waals surface area contributed by atoms with Crippen LogP contribution in [0.25, 0.3) is 6.08 Å². The summed E-state index contributed by atoms with van der Waals surface area (Å²) < 4.78 is 10.6. The van der Waals surface area contributed by atoms with Gasteiger partial charge in [-0.25, -0.2) is 5.01 Å². The number of hydrazone groups is 1. The van der Waals surface area contributed by atoms with Gasteiger partial charge in [0.2, 0.25) is 0 Å². The monoisotopic (exact) mass is 520 g/mol. The Morgan fingerprint density at radius 3 is 2.28 bits per heavy atom. The molecule has 2 aliphatic rings. The number of methoxy groups -OCH3 is 2. The van der Waals surface area contributed by atoms with Gasteiger partial charge in [-0.05, 0) is 84.5 Å². The molecule has 1 aliphatic carbocycles. The molecular formula is C29H26Cl2N2O3. The maximum absolute atomic E-state index is 13.8. The molecule has 0 bridgehead atoms. The average Bonchev–Trinajstić information content (AvgIpc) is 3.29. The number of nitrogens with zero attached hydrogens (tertiary/aromatic N) is 2. The lowest BCUT2D eigenvalue weighted by Crippen LogP contribution is -2.32. The van der Waals surface area contributed by atoms with Crippen molar-refractivity contribution in [1.29, 1.82) is 0 Å². The minimum Gasteiger partial charge on any atom is -0.497 e. The van der Waals surface area contributed by atoms with E-state index in [1.54, 1.807) is 37.4 Å². The number of carbonyl (C=O) groups excluding carboxylic acids is 1. The molecule has 1 aliphatic heterocycles. The van der Waals surface area contributed by atoms with Gasteiger partial charge in [0.25, 0.3) is 5.91 Å². The molecule has 184 valence electrons. The van der Waals surface area contributed by atoms with E-state index in [9.17, 15) is 4.79 Å². The van der Waals surface area contributed by atoms with Gasteiger partial charge in [-0.2, -0.15) is 5.10 Å². The van der Waals surface area contributed by atoms with E-state index in [2.05, 4.69) is 6.08 Å². The highest BCUT2D eigenvalue weighted by Crippen LogP contribution is 2.45. The summed E-state index contributed by atoms with van der Waals surface area (Å²) in [5, 5.41) is 7.34. The van der Waals surface area contributed by atoms with E-state index in [0.29, 0.717) is 15.6 Å². The van der Waals surface area contributed by atoms with E-state index in [4.69, 9.17) is 37.8 Å². The summed E-state index contributed by atoms with van der Waals surface area (Å²) in [5.74, 6) is 1.41. The van der Waals surface area contributed by atoms with Gasteiger partial charge in [-0.1, -0.05) is 47.5 Å². The Balaban J connectivity index is 1.57. The predicted octanol–water partition coefficient (Wildman–Crippen LogP) is 7.45. The molecule has 1 amide bonds. The molecule has 0 N–H and O–H groups in total. The summed E-state index contributed by atoms with van der Waals surface area (Å²) in [7, 11) is 3.30. The fourth-order valence-corrected chi connectivity index (χ4v) is 5.48. The second kappa shape index (κ2) is 10.4. The molecule has 0 radical (unpaired) electrons. The van der Waals surface area contributed by atoms with E-state index >= 15 is 0 Å². The highest BCUT2D eigenvalue weighted by molar-refractivity contribution is 6.36. The summed E-state index contributed by atoms with van der Waals surface area (Å²) in [6, 6.07) is 20.5. The van der Waals surface area contributed by atoms with Crippen LogP contribution in [0.15, 0.2) is 77.4 Å². The molecule has 0 saturated heterocycles. The topological polar surface area (TPSA) is 51.1 Å². The van der Waals surface area contributed by atoms with Gasteiger partial charge in [0, 0.05) is 10.9 Å². The maximum atomic E-state index is 13.8. The van der Waals surface area contributed by atoms with E-state index in [1.807, 2.05) is 48.5 Å². The zero-order valence-electron chi connectivity index (χ0n) is 20.1. The Labute approximate surface area is 220 Å². The first kappa shape index (κ1) is 24.4. The van der Waals surface area contributed by atoms with Crippen molar-refractivity contribution in [2.45, 2.75) is 25.3 Å². The lowest BCUT2D eigenvalue weighted by Gasteiger charge is -2.30. The van der Waals surface area contributed by atoms with Crippen molar-refractivity contribution in [3.63, 3.8) is 0 Å². The number of hydrogen-bond acceptors (Lipinski definition) is 4. The van der Waals surface area contributed by atoms with Crippen LogP contribution in [0.2, 0.25) is 10.0 Å². The highest BCUT2D eigenvalue weighted by atomic mass is 35.5. The van der Waals surface area contributed by atoms with Crippen molar-refractivity contribution >= 4 is 40.9 Å². The molecule has 0 aromatic heterocycles. The second-order valence-electron chi connectivity index (χ2n) is 8.92. The summed E-state index contributed by atoms with van der Waals surface area (Å²) in [6.07, 6.45) is 5.02. The first-order chi connectivity index (χ1) is 17.5. The first-order valence-corrected chi connectivity index (χ1v) is 12.6. The van der Waals surface area contributed by atoms with Gasteiger partial charge in [-0.15, -0.1) is 0 Å². The third-order valence-corrected chi connectivity index (χ3v) is 7.33. The number of carbonyl (C=O) groups is 1. The molecule has 1 heterocycles. The van der Waals surface area contributed by atoms with E-state index in [0.717, 1.165) is 53.2 Å². The van der Waals surface area contributed by atoms with Crippen molar-refractivity contribution in [2.24, 2.45) is 11.0 Å². The van der Waals surface area contributed by atoms with Crippen LogP contribution < -0.4 is 9.47 Å². The number of halogens is 2. The molecule has 2 atom stereocenters. The number of fused-ring (bicyclic) bond motifs is 1. The van der Waals surface area contributed by atoms with Gasteiger partial charge in [0.1, 0.15) is 11.5 Å². The molecule has 3 aromatic rings. The Morgan fingerprint density at radius 2 is 1.64 bits per heavy atom. The highest BCUT2D eigenvalue weighted by Gasteiger charge is 2.44. The zero-order valence-corrected chi connectivity index (χ0v) is 21.6. The maximum Gasteiger partial charge on any atom is 0.276 e. The molecule has 0 spiro atoms. The van der Waals surface area contributed by atoms with Crippen LogP contribution >= 0.6 is 23.2 Å². The van der Waals surface area contributed by atoms with E-state index in [-0.39, 0.29) is 17.9 Å². The van der Waals surface area contributed by atoms with Crippen LogP contribution in [0, 0.1) is 5.92 Å². The van der Waals surface area contributed by atoms with Crippen LogP contribution in [0.3, 0.4) is 0 Å². The third-order valence-electron chi connectivity index (χ3n) is 6.79. The number of rotatable bonds is 5. The summed E-state index contributed by atoms with van der Waals surface area (Å²) in [4.78, 5) is 13.8. The lowest BCUT2D eigenvalue weighted by atomic mass is 9.77.